The summed E-state index contributed by atoms with van der Waals surface area (Å²) in [5.41, 5.74) is -5.08. The van der Waals surface area contributed by atoms with Crippen molar-refractivity contribution in [1.82, 2.24) is 0 Å². The zero-order chi connectivity index (χ0) is 79.8. The van der Waals surface area contributed by atoms with E-state index in [1.54, 1.807) is 6.92 Å². The van der Waals surface area contributed by atoms with Crippen LogP contribution in [0.2, 0.25) is 0 Å². The van der Waals surface area contributed by atoms with Crippen LogP contribution in [0.1, 0.15) is 127 Å². The fourth-order valence-corrected chi connectivity index (χ4v) is 20.6. The third-order valence-electron chi connectivity index (χ3n) is 27.1. The van der Waals surface area contributed by atoms with Gasteiger partial charge in [0.1, 0.15) is 134 Å². The molecular formula is C72H112O37. The average molecular weight is 1570 g/mol. The molecule has 5 aliphatic carbocycles. The van der Waals surface area contributed by atoms with Gasteiger partial charge in [-0.2, -0.15) is 0 Å². The lowest BCUT2D eigenvalue weighted by Gasteiger charge is -2.71. The highest BCUT2D eigenvalue weighted by molar-refractivity contribution is 5.80. The van der Waals surface area contributed by atoms with Crippen LogP contribution in [0.15, 0.2) is 11.6 Å². The van der Waals surface area contributed by atoms with Crippen molar-refractivity contribution in [3.63, 3.8) is 0 Å². The number of esters is 2. The number of allylic oxidation sites excluding steroid dienone is 2. The molecule has 0 aromatic heterocycles. The molecule has 0 radical (unpaired) electrons. The first-order valence-corrected chi connectivity index (χ1v) is 37.8. The molecule has 37 heteroatoms. The molecule has 0 aromatic carbocycles. The standard InChI is InChI=1S/C72H112O37/c1-25-51(100-28(4)75)42(83)47(88)61(97-25)104-53-27(3)99-64(56(49(53)90)107-62-48(89)43(84)52(26(2)98-62)103-59-44(85)38(79)31(76)22-95-59)109-66(94)72-18-17-67(5,6)19-30(72)29-11-12-35-68(7)15-14-37(69(8,24-74)34(68)13-16-70(35,9)71(29,10)20-36(72)78)102-65-57(108-63-46(87)41(82)40(81)33(21-73)101-63)54(50(91)55(106-65)58(92)93)105-60-45(86)39(80)32(77)23-96-60/h11,24-27,30-57,59-65,73,76-91H,12-23H2,1-10H3,(H,92,93)/t25-,26-,27-,30+,31-,32-,33-,34-,35-,36-,37+,38+,39+,40+,41+,42-,43+,44-,45-,46-,47-,48-,49+,50+,51-,52+,53+,54+,55+,56-,57-,59+,60+,61+,62+,63+,64+,65-,68+,69+,70-,71-,72-/m1/s1. The second-order valence-corrected chi connectivity index (χ2v) is 34.1. The highest BCUT2D eigenvalue weighted by Gasteiger charge is 2.73. The van der Waals surface area contributed by atoms with Gasteiger partial charge in [0.2, 0.25) is 6.29 Å². The van der Waals surface area contributed by atoms with Crippen LogP contribution >= 0.6 is 0 Å². The maximum Gasteiger partial charge on any atom is 0.335 e. The molecule has 109 heavy (non-hydrogen) atoms. The van der Waals surface area contributed by atoms with E-state index < -0.39 is 297 Å². The van der Waals surface area contributed by atoms with Crippen LogP contribution in [0, 0.1) is 50.2 Å². The molecule has 0 spiro atoms. The van der Waals surface area contributed by atoms with E-state index in [-0.39, 0.29) is 25.2 Å². The Morgan fingerprint density at radius 2 is 1.01 bits per heavy atom. The van der Waals surface area contributed by atoms with Gasteiger partial charge in [-0.05, 0) is 118 Å². The van der Waals surface area contributed by atoms with Gasteiger partial charge in [-0.15, -0.1) is 0 Å². The van der Waals surface area contributed by atoms with E-state index in [0.29, 0.717) is 38.5 Å². The van der Waals surface area contributed by atoms with Gasteiger partial charge >= 0.3 is 17.9 Å². The van der Waals surface area contributed by atoms with Crippen molar-refractivity contribution in [2.24, 2.45) is 50.2 Å². The van der Waals surface area contributed by atoms with Crippen LogP contribution in [0.4, 0.5) is 0 Å². The van der Waals surface area contributed by atoms with Gasteiger partial charge in [0.15, 0.2) is 56.1 Å². The van der Waals surface area contributed by atoms with Crippen molar-refractivity contribution in [1.29, 1.82) is 0 Å². The van der Waals surface area contributed by atoms with Crippen LogP contribution in [0.3, 0.4) is 0 Å². The molecule has 43 atom stereocenters. The van der Waals surface area contributed by atoms with E-state index in [1.165, 1.54) is 20.8 Å². The van der Waals surface area contributed by atoms with E-state index in [2.05, 4.69) is 40.7 Å². The summed E-state index contributed by atoms with van der Waals surface area (Å²) >= 11 is 0. The van der Waals surface area contributed by atoms with Crippen molar-refractivity contribution >= 4 is 24.2 Å². The first-order chi connectivity index (χ1) is 51.0. The summed E-state index contributed by atoms with van der Waals surface area (Å²) in [5.74, 6) is -4.98. The Hall–Kier alpha value is -3.38. The minimum absolute atomic E-state index is 0.00271. The largest absolute Gasteiger partial charge is 0.479 e. The smallest absolute Gasteiger partial charge is 0.335 e. The van der Waals surface area contributed by atoms with E-state index in [9.17, 15) is 106 Å². The van der Waals surface area contributed by atoms with Gasteiger partial charge in [-0.3, -0.25) is 9.59 Å². The normalized spacial score (nSPS) is 54.1. The summed E-state index contributed by atoms with van der Waals surface area (Å²) < 4.78 is 90.3. The maximum absolute atomic E-state index is 16.1. The fraction of sp³-hybridized carbons (Fsp3) is 0.917. The molecule has 0 aromatic rings. The van der Waals surface area contributed by atoms with Crippen molar-refractivity contribution < 1.29 is 182 Å². The molecule has 4 saturated carbocycles. The molecule has 0 unspecified atom stereocenters. The number of hydrogen-bond acceptors (Lipinski definition) is 36. The van der Waals surface area contributed by atoms with Crippen LogP contribution in [-0.2, 0) is 90.2 Å². The summed E-state index contributed by atoms with van der Waals surface area (Å²) in [6.45, 7) is 15.6. The lowest BCUT2D eigenvalue weighted by molar-refractivity contribution is -0.391. The lowest BCUT2D eigenvalue weighted by atomic mass is 9.33. The third kappa shape index (κ3) is 14.8. The molecular weight excluding hydrogens is 1460 g/mol. The fourth-order valence-electron chi connectivity index (χ4n) is 20.6. The molecule has 37 nitrogen and oxygen atoms in total. The predicted octanol–water partition coefficient (Wildman–Crippen LogP) is -5.39. The van der Waals surface area contributed by atoms with Crippen molar-refractivity contribution in [2.45, 2.75) is 342 Å². The Morgan fingerprint density at radius 3 is 1.59 bits per heavy atom. The number of carbonyl (C=O) groups is 4. The summed E-state index contributed by atoms with van der Waals surface area (Å²) in [6, 6.07) is 0. The first-order valence-electron chi connectivity index (χ1n) is 37.8. The molecule has 11 fully saturated rings. The Balaban J connectivity index is 0.826. The number of carbonyl (C=O) groups excluding carboxylic acids is 3. The van der Waals surface area contributed by atoms with Crippen LogP contribution < -0.4 is 0 Å². The highest BCUT2D eigenvalue weighted by Crippen LogP contribution is 2.76. The van der Waals surface area contributed by atoms with Crippen molar-refractivity contribution in [3.8, 4) is 0 Å². The molecule has 12 rings (SSSR count). The Bertz CT molecular complexity index is 3240. The maximum atomic E-state index is 16.1. The summed E-state index contributed by atoms with van der Waals surface area (Å²) in [5, 5.41) is 201. The van der Waals surface area contributed by atoms with Gasteiger partial charge in [0.25, 0.3) is 0 Å². The summed E-state index contributed by atoms with van der Waals surface area (Å²) in [6.07, 6.45) is -56.4. The number of carboxylic acid groups (broad SMARTS) is 1. The van der Waals surface area contributed by atoms with Gasteiger partial charge < -0.3 is 168 Å². The van der Waals surface area contributed by atoms with Crippen LogP contribution in [-0.4, -0.2) is 351 Å². The average Bonchev–Trinajstić information content (AvgIpc) is 0.654. The first kappa shape index (κ1) is 85.0. The molecule has 622 valence electrons. The monoisotopic (exact) mass is 1570 g/mol. The second kappa shape index (κ2) is 31.9. The molecule has 12 aliphatic rings. The molecule has 0 amide bonds. The number of fused-ring (bicyclic) bond motifs is 7. The van der Waals surface area contributed by atoms with Crippen LogP contribution in [0.5, 0.6) is 0 Å². The van der Waals surface area contributed by atoms with E-state index in [1.807, 2.05) is 0 Å². The number of aldehydes is 1. The quantitative estimate of drug-likeness (QED) is 0.0264. The number of carboxylic acids is 1. The van der Waals surface area contributed by atoms with Gasteiger partial charge in [0, 0.05) is 6.92 Å². The zero-order valence-electron chi connectivity index (χ0n) is 62.4. The Labute approximate surface area is 628 Å². The van der Waals surface area contributed by atoms with Gasteiger partial charge in [-0.1, -0.05) is 53.2 Å². The van der Waals surface area contributed by atoms with Crippen molar-refractivity contribution in [2.75, 3.05) is 19.8 Å². The minimum Gasteiger partial charge on any atom is -0.479 e. The number of aliphatic hydroxyl groups excluding tert-OH is 17. The minimum atomic E-state index is -2.23. The zero-order valence-corrected chi connectivity index (χ0v) is 62.4. The number of ether oxygens (including phenoxy) is 15. The topological polar surface area (TPSA) is 571 Å². The molecule has 7 heterocycles. The molecule has 7 saturated heterocycles. The van der Waals surface area contributed by atoms with Crippen molar-refractivity contribution in [3.05, 3.63) is 11.6 Å². The van der Waals surface area contributed by atoms with Gasteiger partial charge in [0.05, 0.1) is 55.8 Å². The number of hydrogen-bond donors (Lipinski definition) is 18. The van der Waals surface area contributed by atoms with E-state index in [4.69, 9.17) is 71.1 Å². The van der Waals surface area contributed by atoms with Crippen LogP contribution in [0.25, 0.3) is 0 Å². The molecule has 18 N–H and O–H groups in total. The number of rotatable bonds is 18. The SMILES string of the molecule is CC(=O)O[C@H]1[C@H](O)[C@@H](O)[C@H](O[C@@H]2[C@H](O)[C@@H](O[C@@H]3O[C@H](C)[C@H](O[C@@H]4OC[C@@H](O)[C@H](O)[C@H]4O)[C@@H](O)[C@H]3O)[C@H](OC(=O)[C@]34CCC(C)(C)C[C@H]3C3=CC[C@@H]5[C@@]6(C)CC[C@H](O[C@@H]7O[C@H](C(=O)O)[C@@H](O)[C@H](O[C@@H]8OC[C@@H](O)[C@H](O)[C@H]8O)[C@H]7O[C@@H]7O[C@H](CO)[C@H](O)[C@H](O)[C@H]7O)[C@@](C)(C=O)[C@@H]6CC[C@@]5(C)[C@]3(C)C[C@H]4O)O[C@@H]2C)O[C@@H]1C. The van der Waals surface area contributed by atoms with E-state index >= 15 is 4.79 Å². The molecule has 0 bridgehead atoms. The Kier molecular flexibility index (Phi) is 24.9. The van der Waals surface area contributed by atoms with E-state index in [0.717, 1.165) is 18.8 Å². The summed E-state index contributed by atoms with van der Waals surface area (Å²) in [7, 11) is 0. The third-order valence-corrected chi connectivity index (χ3v) is 27.1. The number of aliphatic hydroxyl groups is 17. The Morgan fingerprint density at radius 1 is 0.495 bits per heavy atom. The highest BCUT2D eigenvalue weighted by atomic mass is 16.8. The lowest BCUT2D eigenvalue weighted by Crippen LogP contribution is -2.69. The molecule has 7 aliphatic heterocycles. The second-order valence-electron chi connectivity index (χ2n) is 34.1. The number of aliphatic carboxylic acids is 1. The summed E-state index contributed by atoms with van der Waals surface area (Å²) in [4.78, 5) is 55.4. The van der Waals surface area contributed by atoms with Gasteiger partial charge in [-0.25, -0.2) is 4.79 Å². The predicted molar refractivity (Wildman–Crippen MR) is 356 cm³/mol.